The lowest BCUT2D eigenvalue weighted by Crippen LogP contribution is -2.53. The van der Waals surface area contributed by atoms with E-state index in [1.54, 1.807) is 19.4 Å². The van der Waals surface area contributed by atoms with Crippen LogP contribution in [-0.2, 0) is 4.74 Å². The predicted octanol–water partition coefficient (Wildman–Crippen LogP) is 3.21. The van der Waals surface area contributed by atoms with Crippen LogP contribution in [0.3, 0.4) is 0 Å². The summed E-state index contributed by atoms with van der Waals surface area (Å²) in [6.07, 6.45) is 3.52. The number of thiazole rings is 1. The zero-order valence-electron chi connectivity index (χ0n) is 11.5. The van der Waals surface area contributed by atoms with Crippen molar-refractivity contribution >= 4 is 54.6 Å². The van der Waals surface area contributed by atoms with E-state index in [4.69, 9.17) is 15.5 Å². The number of ether oxygens (including phenoxy) is 1. The molecule has 0 saturated carbocycles. The third kappa shape index (κ3) is 2.93. The zero-order valence-corrected chi connectivity index (χ0v) is 15.5. The number of hydrogen-bond acceptors (Lipinski definition) is 6. The molecule has 0 radical (unpaired) electrons. The molecule has 2 N–H and O–H groups in total. The van der Waals surface area contributed by atoms with Crippen molar-refractivity contribution in [2.75, 3.05) is 7.11 Å². The Morgan fingerprint density at radius 2 is 2.23 bits per heavy atom. The zero-order chi connectivity index (χ0) is 15.7. The Balaban J connectivity index is 2.13. The van der Waals surface area contributed by atoms with Crippen LogP contribution in [0.25, 0.3) is 5.70 Å². The lowest BCUT2D eigenvalue weighted by atomic mass is 9.99. The Morgan fingerprint density at radius 3 is 2.86 bits per heavy atom. The molecule has 1 aliphatic heterocycles. The fourth-order valence-electron chi connectivity index (χ4n) is 2.08. The van der Waals surface area contributed by atoms with Gasteiger partial charge in [0.2, 0.25) is 0 Å². The summed E-state index contributed by atoms with van der Waals surface area (Å²) >= 11 is 8.47. The van der Waals surface area contributed by atoms with Crippen molar-refractivity contribution in [3.8, 4) is 0 Å². The SMILES string of the molecule is COC1(N)C=C(c2nccs2)N=C(c2cccc(Br)n2)C1Br. The van der Waals surface area contributed by atoms with Gasteiger partial charge in [-0.3, -0.25) is 5.73 Å². The normalized spacial score (nSPS) is 24.8. The lowest BCUT2D eigenvalue weighted by molar-refractivity contribution is 0.0493. The minimum Gasteiger partial charge on any atom is -0.359 e. The first-order chi connectivity index (χ1) is 10.5. The minimum absolute atomic E-state index is 0.324. The molecule has 3 rings (SSSR count). The molecule has 0 saturated heterocycles. The van der Waals surface area contributed by atoms with Crippen LogP contribution in [0.15, 0.2) is 45.4 Å². The van der Waals surface area contributed by atoms with Crippen LogP contribution in [-0.4, -0.2) is 33.3 Å². The number of aliphatic imine (C=N–C) groups is 1. The van der Waals surface area contributed by atoms with Gasteiger partial charge in [-0.05, 0) is 34.1 Å². The van der Waals surface area contributed by atoms with E-state index in [-0.39, 0.29) is 4.83 Å². The van der Waals surface area contributed by atoms with Gasteiger partial charge in [-0.1, -0.05) is 22.0 Å². The predicted molar refractivity (Wildman–Crippen MR) is 95.2 cm³/mol. The fourth-order valence-corrected chi connectivity index (χ4v) is 3.68. The minimum atomic E-state index is -1.03. The van der Waals surface area contributed by atoms with Crippen LogP contribution in [0.2, 0.25) is 0 Å². The lowest BCUT2D eigenvalue weighted by Gasteiger charge is -2.33. The van der Waals surface area contributed by atoms with E-state index in [0.717, 1.165) is 15.3 Å². The van der Waals surface area contributed by atoms with E-state index in [0.29, 0.717) is 11.4 Å². The largest absolute Gasteiger partial charge is 0.359 e. The van der Waals surface area contributed by atoms with Gasteiger partial charge in [0.1, 0.15) is 14.4 Å². The molecule has 0 amide bonds. The van der Waals surface area contributed by atoms with Gasteiger partial charge in [-0.25, -0.2) is 15.0 Å². The molecule has 114 valence electrons. The van der Waals surface area contributed by atoms with Gasteiger partial charge in [0, 0.05) is 18.7 Å². The quantitative estimate of drug-likeness (QED) is 0.449. The first kappa shape index (κ1) is 15.9. The summed E-state index contributed by atoms with van der Waals surface area (Å²) in [6, 6.07) is 5.65. The second-order valence-corrected chi connectivity index (χ2v) is 7.25. The standard InChI is InChI=1S/C14H12Br2N4OS/c1-21-14(17)7-9(13-18-5-6-22-13)20-11(12(14)16)8-3-2-4-10(15)19-8/h2-7,12H,17H2,1H3. The van der Waals surface area contributed by atoms with Gasteiger partial charge >= 0.3 is 0 Å². The van der Waals surface area contributed by atoms with E-state index >= 15 is 0 Å². The van der Waals surface area contributed by atoms with E-state index in [1.807, 2.05) is 23.6 Å². The third-order valence-corrected chi connectivity index (χ3v) is 5.61. The molecule has 2 aromatic rings. The molecule has 1 aliphatic rings. The van der Waals surface area contributed by atoms with Gasteiger partial charge in [0.05, 0.1) is 17.1 Å². The molecule has 2 atom stereocenters. The van der Waals surface area contributed by atoms with Crippen LogP contribution < -0.4 is 5.73 Å². The van der Waals surface area contributed by atoms with Gasteiger partial charge in [0.25, 0.3) is 0 Å². The van der Waals surface area contributed by atoms with Crippen molar-refractivity contribution in [2.45, 2.75) is 10.6 Å². The van der Waals surface area contributed by atoms with Crippen LogP contribution in [0.1, 0.15) is 10.7 Å². The molecule has 5 nitrogen and oxygen atoms in total. The first-order valence-electron chi connectivity index (χ1n) is 6.36. The van der Waals surface area contributed by atoms with E-state index in [2.05, 4.69) is 41.8 Å². The maximum Gasteiger partial charge on any atom is 0.156 e. The summed E-state index contributed by atoms with van der Waals surface area (Å²) in [5, 5.41) is 2.69. The fraction of sp³-hybridized carbons (Fsp3) is 0.214. The summed E-state index contributed by atoms with van der Waals surface area (Å²) in [5.74, 6) is 0. The molecule has 0 aliphatic carbocycles. The Bertz CT molecular complexity index is 747. The van der Waals surface area contributed by atoms with Gasteiger partial charge in [-0.2, -0.15) is 0 Å². The molecular weight excluding hydrogens is 432 g/mol. The number of hydrogen-bond donors (Lipinski definition) is 1. The summed E-state index contributed by atoms with van der Waals surface area (Å²) in [4.78, 5) is 13.1. The van der Waals surface area contributed by atoms with Gasteiger partial charge in [0.15, 0.2) is 5.72 Å². The molecule has 22 heavy (non-hydrogen) atoms. The van der Waals surface area contributed by atoms with E-state index in [1.165, 1.54) is 11.3 Å². The highest BCUT2D eigenvalue weighted by Crippen LogP contribution is 2.33. The maximum absolute atomic E-state index is 6.38. The van der Waals surface area contributed by atoms with Crippen molar-refractivity contribution in [2.24, 2.45) is 10.7 Å². The highest BCUT2D eigenvalue weighted by molar-refractivity contribution is 9.10. The van der Waals surface area contributed by atoms with Crippen LogP contribution in [0.4, 0.5) is 0 Å². The van der Waals surface area contributed by atoms with Crippen molar-refractivity contribution < 1.29 is 4.74 Å². The highest BCUT2D eigenvalue weighted by atomic mass is 79.9. The van der Waals surface area contributed by atoms with Gasteiger partial charge in [-0.15, -0.1) is 11.3 Å². The Hall–Kier alpha value is -0.930. The smallest absolute Gasteiger partial charge is 0.156 e. The summed E-state index contributed by atoms with van der Waals surface area (Å²) < 4.78 is 6.25. The number of methoxy groups -OCH3 is 1. The molecule has 8 heteroatoms. The molecule has 0 fully saturated rings. The number of aromatic nitrogens is 2. The number of nitrogens with zero attached hydrogens (tertiary/aromatic N) is 3. The number of halogens is 2. The molecule has 2 aromatic heterocycles. The summed E-state index contributed by atoms with van der Waals surface area (Å²) in [5.41, 5.74) is 7.47. The van der Waals surface area contributed by atoms with Crippen LogP contribution in [0, 0.1) is 0 Å². The first-order valence-corrected chi connectivity index (χ1v) is 8.94. The monoisotopic (exact) mass is 442 g/mol. The molecule has 3 heterocycles. The topological polar surface area (TPSA) is 73.4 Å². The average Bonchev–Trinajstić information content (AvgIpc) is 3.04. The van der Waals surface area contributed by atoms with E-state index < -0.39 is 5.72 Å². The number of pyridine rings is 1. The number of nitrogens with two attached hydrogens (primary N) is 1. The van der Waals surface area contributed by atoms with Crippen LogP contribution >= 0.6 is 43.2 Å². The van der Waals surface area contributed by atoms with Crippen molar-refractivity contribution in [1.82, 2.24) is 9.97 Å². The molecular formula is C14H12Br2N4OS. The Morgan fingerprint density at radius 1 is 1.41 bits per heavy atom. The van der Waals surface area contributed by atoms with Crippen LogP contribution in [0.5, 0.6) is 0 Å². The number of alkyl halides is 1. The average molecular weight is 444 g/mol. The molecule has 0 spiro atoms. The molecule has 0 bridgehead atoms. The molecule has 0 aromatic carbocycles. The maximum atomic E-state index is 6.38. The van der Waals surface area contributed by atoms with E-state index in [9.17, 15) is 0 Å². The summed E-state index contributed by atoms with van der Waals surface area (Å²) in [6.45, 7) is 0. The second kappa shape index (κ2) is 6.29. The summed E-state index contributed by atoms with van der Waals surface area (Å²) in [7, 11) is 1.57. The van der Waals surface area contributed by atoms with Crippen molar-refractivity contribution in [1.29, 1.82) is 0 Å². The Kier molecular flexibility index (Phi) is 4.56. The Labute approximate surface area is 148 Å². The second-order valence-electron chi connectivity index (χ2n) is 4.63. The third-order valence-electron chi connectivity index (χ3n) is 3.22. The number of rotatable bonds is 3. The van der Waals surface area contributed by atoms with Crippen molar-refractivity contribution in [3.63, 3.8) is 0 Å². The van der Waals surface area contributed by atoms with Gasteiger partial charge < -0.3 is 4.74 Å². The van der Waals surface area contributed by atoms with Crippen molar-refractivity contribution in [3.05, 3.63) is 51.2 Å². The molecule has 2 unspecified atom stereocenters. The highest BCUT2D eigenvalue weighted by Gasteiger charge is 2.40.